The highest BCUT2D eigenvalue weighted by atomic mass is 16.2. The number of para-hydroxylation sites is 1. The Labute approximate surface area is 137 Å². The third-order valence-corrected chi connectivity index (χ3v) is 4.44. The molecule has 2 aromatic rings. The third-order valence-electron chi connectivity index (χ3n) is 4.44. The SMILES string of the molecule is CC1CCCN(C(=O)c2cc(N(C)c3ccccc3)ccn2)C1. The Morgan fingerprint density at radius 3 is 2.74 bits per heavy atom. The summed E-state index contributed by atoms with van der Waals surface area (Å²) < 4.78 is 0. The number of hydrogen-bond acceptors (Lipinski definition) is 3. The quantitative estimate of drug-likeness (QED) is 0.867. The van der Waals surface area contributed by atoms with Crippen molar-refractivity contribution >= 4 is 17.3 Å². The van der Waals surface area contributed by atoms with Gasteiger partial charge >= 0.3 is 0 Å². The maximum Gasteiger partial charge on any atom is 0.272 e. The summed E-state index contributed by atoms with van der Waals surface area (Å²) in [5.41, 5.74) is 2.59. The first-order valence-corrected chi connectivity index (χ1v) is 8.19. The van der Waals surface area contributed by atoms with Crippen LogP contribution in [-0.2, 0) is 0 Å². The van der Waals surface area contributed by atoms with Crippen LogP contribution in [0.15, 0.2) is 48.7 Å². The maximum absolute atomic E-state index is 12.7. The van der Waals surface area contributed by atoms with Gasteiger partial charge in [-0.3, -0.25) is 9.78 Å². The van der Waals surface area contributed by atoms with E-state index in [9.17, 15) is 4.79 Å². The number of nitrogens with zero attached hydrogens (tertiary/aromatic N) is 3. The number of pyridine rings is 1. The number of carbonyl (C=O) groups is 1. The summed E-state index contributed by atoms with van der Waals surface area (Å²) in [6.45, 7) is 3.87. The Morgan fingerprint density at radius 2 is 2.00 bits per heavy atom. The molecule has 1 aliphatic rings. The molecule has 0 radical (unpaired) electrons. The number of anilines is 2. The first kappa shape index (κ1) is 15.5. The average molecular weight is 309 g/mol. The van der Waals surface area contributed by atoms with Crippen molar-refractivity contribution in [2.75, 3.05) is 25.0 Å². The van der Waals surface area contributed by atoms with Crippen LogP contribution in [0.3, 0.4) is 0 Å². The fourth-order valence-corrected chi connectivity index (χ4v) is 3.08. The van der Waals surface area contributed by atoms with E-state index in [0.717, 1.165) is 30.9 Å². The zero-order valence-corrected chi connectivity index (χ0v) is 13.8. The summed E-state index contributed by atoms with van der Waals surface area (Å²) in [6.07, 6.45) is 4.00. The Kier molecular flexibility index (Phi) is 4.60. The first-order chi connectivity index (χ1) is 11.1. The minimum absolute atomic E-state index is 0.0415. The summed E-state index contributed by atoms with van der Waals surface area (Å²) in [4.78, 5) is 21.0. The van der Waals surface area contributed by atoms with E-state index in [1.165, 1.54) is 6.42 Å². The Morgan fingerprint density at radius 1 is 1.22 bits per heavy atom. The Hall–Kier alpha value is -2.36. The molecule has 0 bridgehead atoms. The van der Waals surface area contributed by atoms with E-state index in [-0.39, 0.29) is 5.91 Å². The van der Waals surface area contributed by atoms with Crippen LogP contribution in [0.5, 0.6) is 0 Å². The van der Waals surface area contributed by atoms with Gasteiger partial charge in [-0.05, 0) is 43.0 Å². The highest BCUT2D eigenvalue weighted by Crippen LogP contribution is 2.24. The van der Waals surface area contributed by atoms with Crippen molar-refractivity contribution in [3.63, 3.8) is 0 Å². The molecule has 1 amide bonds. The lowest BCUT2D eigenvalue weighted by atomic mass is 10.00. The van der Waals surface area contributed by atoms with Gasteiger partial charge in [0, 0.05) is 37.7 Å². The number of piperidine rings is 1. The van der Waals surface area contributed by atoms with Gasteiger partial charge in [0.2, 0.25) is 0 Å². The molecule has 1 aliphatic heterocycles. The van der Waals surface area contributed by atoms with Crippen LogP contribution in [0.1, 0.15) is 30.3 Å². The molecule has 23 heavy (non-hydrogen) atoms. The molecule has 0 saturated carbocycles. The standard InChI is InChI=1S/C19H23N3O/c1-15-7-6-12-22(14-15)19(23)18-13-17(10-11-20-18)21(2)16-8-4-3-5-9-16/h3-5,8-11,13,15H,6-7,12,14H2,1-2H3. The molecule has 0 aliphatic carbocycles. The second kappa shape index (κ2) is 6.82. The minimum Gasteiger partial charge on any atom is -0.345 e. The van der Waals surface area contributed by atoms with Gasteiger partial charge in [0.1, 0.15) is 5.69 Å². The number of hydrogen-bond donors (Lipinski definition) is 0. The van der Waals surface area contributed by atoms with Crippen LogP contribution < -0.4 is 4.90 Å². The van der Waals surface area contributed by atoms with Crippen LogP contribution in [0.25, 0.3) is 0 Å². The number of benzene rings is 1. The largest absolute Gasteiger partial charge is 0.345 e. The van der Waals surface area contributed by atoms with Gasteiger partial charge in [0.25, 0.3) is 5.91 Å². The molecule has 1 saturated heterocycles. The predicted molar refractivity (Wildman–Crippen MR) is 93.0 cm³/mol. The number of aromatic nitrogens is 1. The molecule has 0 N–H and O–H groups in total. The minimum atomic E-state index is 0.0415. The van der Waals surface area contributed by atoms with Gasteiger partial charge in [-0.15, -0.1) is 0 Å². The lowest BCUT2D eigenvalue weighted by molar-refractivity contribution is 0.0677. The van der Waals surface area contributed by atoms with Crippen molar-refractivity contribution in [3.8, 4) is 0 Å². The molecular weight excluding hydrogens is 286 g/mol. The molecule has 1 unspecified atom stereocenters. The van der Waals surface area contributed by atoms with Crippen molar-refractivity contribution in [2.24, 2.45) is 5.92 Å². The summed E-state index contributed by atoms with van der Waals surface area (Å²) >= 11 is 0. The van der Waals surface area contributed by atoms with Gasteiger partial charge in [-0.25, -0.2) is 0 Å². The van der Waals surface area contributed by atoms with E-state index in [2.05, 4.69) is 16.8 Å². The molecule has 2 heterocycles. The molecule has 1 fully saturated rings. The van der Waals surface area contributed by atoms with Gasteiger partial charge in [0.15, 0.2) is 0 Å². The number of likely N-dealkylation sites (tertiary alicyclic amines) is 1. The van der Waals surface area contributed by atoms with Crippen molar-refractivity contribution in [3.05, 3.63) is 54.4 Å². The third kappa shape index (κ3) is 3.52. The number of rotatable bonds is 3. The van der Waals surface area contributed by atoms with Gasteiger partial charge in [-0.1, -0.05) is 25.1 Å². The molecule has 4 heteroatoms. The van der Waals surface area contributed by atoms with E-state index < -0.39 is 0 Å². The smallest absolute Gasteiger partial charge is 0.272 e. The summed E-state index contributed by atoms with van der Waals surface area (Å²) in [5.74, 6) is 0.614. The zero-order chi connectivity index (χ0) is 16.2. The lowest BCUT2D eigenvalue weighted by Gasteiger charge is -2.30. The second-order valence-corrected chi connectivity index (χ2v) is 6.29. The van der Waals surface area contributed by atoms with E-state index in [4.69, 9.17) is 0 Å². The van der Waals surface area contributed by atoms with E-state index >= 15 is 0 Å². The van der Waals surface area contributed by atoms with E-state index in [1.807, 2.05) is 54.4 Å². The molecule has 0 spiro atoms. The predicted octanol–water partition coefficient (Wildman–Crippen LogP) is 3.72. The van der Waals surface area contributed by atoms with Crippen LogP contribution >= 0.6 is 0 Å². The highest BCUT2D eigenvalue weighted by Gasteiger charge is 2.23. The fourth-order valence-electron chi connectivity index (χ4n) is 3.08. The van der Waals surface area contributed by atoms with E-state index in [1.54, 1.807) is 6.20 Å². The molecule has 1 atom stereocenters. The second-order valence-electron chi connectivity index (χ2n) is 6.29. The monoisotopic (exact) mass is 309 g/mol. The van der Waals surface area contributed by atoms with Gasteiger partial charge in [0.05, 0.1) is 0 Å². The summed E-state index contributed by atoms with van der Waals surface area (Å²) in [5, 5.41) is 0. The summed E-state index contributed by atoms with van der Waals surface area (Å²) in [6, 6.07) is 13.9. The maximum atomic E-state index is 12.7. The van der Waals surface area contributed by atoms with E-state index in [0.29, 0.717) is 11.6 Å². The van der Waals surface area contributed by atoms with Crippen LogP contribution in [-0.4, -0.2) is 35.9 Å². The van der Waals surface area contributed by atoms with Crippen molar-refractivity contribution in [2.45, 2.75) is 19.8 Å². The average Bonchev–Trinajstić information content (AvgIpc) is 2.61. The Balaban J connectivity index is 1.81. The zero-order valence-electron chi connectivity index (χ0n) is 13.8. The van der Waals surface area contributed by atoms with Crippen LogP contribution in [0, 0.1) is 5.92 Å². The molecule has 1 aromatic carbocycles. The first-order valence-electron chi connectivity index (χ1n) is 8.19. The summed E-state index contributed by atoms with van der Waals surface area (Å²) in [7, 11) is 2.00. The lowest BCUT2D eigenvalue weighted by Crippen LogP contribution is -2.39. The molecule has 1 aromatic heterocycles. The Bertz CT molecular complexity index is 671. The molecular formula is C19H23N3O. The highest BCUT2D eigenvalue weighted by molar-refractivity contribution is 5.93. The number of carbonyl (C=O) groups excluding carboxylic acids is 1. The molecule has 4 nitrogen and oxygen atoms in total. The molecule has 3 rings (SSSR count). The number of amides is 1. The normalized spacial score (nSPS) is 17.8. The van der Waals surface area contributed by atoms with Crippen LogP contribution in [0.2, 0.25) is 0 Å². The van der Waals surface area contributed by atoms with Crippen molar-refractivity contribution in [1.29, 1.82) is 0 Å². The fraction of sp³-hybridized carbons (Fsp3) is 0.368. The topological polar surface area (TPSA) is 36.4 Å². The van der Waals surface area contributed by atoms with Crippen LogP contribution in [0.4, 0.5) is 11.4 Å². The van der Waals surface area contributed by atoms with Gasteiger partial charge < -0.3 is 9.80 Å². The van der Waals surface area contributed by atoms with Crippen molar-refractivity contribution < 1.29 is 4.79 Å². The van der Waals surface area contributed by atoms with Crippen molar-refractivity contribution in [1.82, 2.24) is 9.88 Å². The van der Waals surface area contributed by atoms with Gasteiger partial charge in [-0.2, -0.15) is 0 Å². The molecule has 120 valence electrons.